The maximum Gasteiger partial charge on any atom is 0.194 e. The lowest BCUT2D eigenvalue weighted by molar-refractivity contribution is -0.242. The third kappa shape index (κ3) is 6.62. The second-order valence-electron chi connectivity index (χ2n) is 12.2. The van der Waals surface area contributed by atoms with Crippen LogP contribution in [0, 0.1) is 6.92 Å². The van der Waals surface area contributed by atoms with Crippen molar-refractivity contribution in [3.63, 3.8) is 0 Å². The predicted molar refractivity (Wildman–Crippen MR) is 168 cm³/mol. The second kappa shape index (κ2) is 12.4. The van der Waals surface area contributed by atoms with E-state index in [2.05, 4.69) is 5.32 Å². The molecular formula is C35H38ClNO7. The van der Waals surface area contributed by atoms with E-state index in [0.717, 1.165) is 22.5 Å². The van der Waals surface area contributed by atoms with Crippen molar-refractivity contribution in [2.24, 2.45) is 0 Å². The minimum Gasteiger partial charge on any atom is -0.375 e. The Morgan fingerprint density at radius 1 is 0.886 bits per heavy atom. The van der Waals surface area contributed by atoms with Gasteiger partial charge in [0.15, 0.2) is 23.6 Å². The van der Waals surface area contributed by atoms with E-state index in [1.54, 1.807) is 12.1 Å². The molecule has 0 bridgehead atoms. The number of nitrogens with one attached hydrogen (secondary N) is 1. The van der Waals surface area contributed by atoms with Gasteiger partial charge < -0.3 is 33.7 Å². The normalized spacial score (nSPS) is 26.8. The predicted octanol–water partition coefficient (Wildman–Crippen LogP) is 7.05. The monoisotopic (exact) mass is 619 g/mol. The average molecular weight is 620 g/mol. The molecule has 6 rings (SSSR count). The fourth-order valence-electron chi connectivity index (χ4n) is 5.92. The third-order valence-electron chi connectivity index (χ3n) is 7.89. The summed E-state index contributed by atoms with van der Waals surface area (Å²) in [5, 5.41) is 3.81. The molecule has 8 nitrogen and oxygen atoms in total. The van der Waals surface area contributed by atoms with Gasteiger partial charge in [-0.3, -0.25) is 4.79 Å². The number of ether oxygens (including phenoxy) is 6. The Bertz CT molecular complexity index is 1550. The van der Waals surface area contributed by atoms with Gasteiger partial charge in [-0.05, 0) is 70.0 Å². The molecule has 0 amide bonds. The van der Waals surface area contributed by atoms with E-state index in [0.29, 0.717) is 29.4 Å². The highest BCUT2D eigenvalue weighted by Gasteiger charge is 2.60. The van der Waals surface area contributed by atoms with Crippen molar-refractivity contribution in [1.29, 1.82) is 0 Å². The number of benzene rings is 3. The molecule has 0 aromatic heterocycles. The fourth-order valence-corrected chi connectivity index (χ4v) is 6.18. The van der Waals surface area contributed by atoms with Gasteiger partial charge in [0.25, 0.3) is 0 Å². The number of halogens is 1. The van der Waals surface area contributed by atoms with Crippen LogP contribution in [-0.4, -0.2) is 61.3 Å². The largest absolute Gasteiger partial charge is 0.375 e. The first-order valence-electron chi connectivity index (χ1n) is 14.9. The molecule has 3 saturated heterocycles. The Labute approximate surface area is 263 Å². The lowest BCUT2D eigenvalue weighted by Gasteiger charge is -2.37. The van der Waals surface area contributed by atoms with Crippen LogP contribution in [0.3, 0.4) is 0 Å². The van der Waals surface area contributed by atoms with Crippen LogP contribution in [0.25, 0.3) is 6.08 Å². The second-order valence-corrected chi connectivity index (χ2v) is 12.6. The highest BCUT2D eigenvalue weighted by Crippen LogP contribution is 2.44. The summed E-state index contributed by atoms with van der Waals surface area (Å²) in [6, 6.07) is 20.8. The number of hydrogen-bond acceptors (Lipinski definition) is 8. The van der Waals surface area contributed by atoms with Gasteiger partial charge in [-0.1, -0.05) is 66.2 Å². The van der Waals surface area contributed by atoms with Gasteiger partial charge >= 0.3 is 0 Å². The van der Waals surface area contributed by atoms with Gasteiger partial charge in [-0.25, -0.2) is 0 Å². The standard InChI is InChI=1S/C35H38ClNO7/c1-21-11-6-8-14-24(21)29(38)25-17-16-23(19-26(25)36)37-27-15-9-7-12-22(27)13-10-18-39-20-28-30-31(42-34(2,3)41-30)32-33(40-28)44-35(4,5)43-32/h6-17,19,28,30-33,37H,18,20H2,1-5H3/b13-10+/t28-,30+,31+,32-,33-/m1/s1. The zero-order valence-corrected chi connectivity index (χ0v) is 26.3. The van der Waals surface area contributed by atoms with Crippen molar-refractivity contribution in [3.05, 3.63) is 100 Å². The summed E-state index contributed by atoms with van der Waals surface area (Å²) >= 11 is 6.57. The number of anilines is 2. The molecular weight excluding hydrogens is 582 g/mol. The summed E-state index contributed by atoms with van der Waals surface area (Å²) < 4.78 is 36.6. The molecule has 44 heavy (non-hydrogen) atoms. The van der Waals surface area contributed by atoms with Gasteiger partial charge in [-0.2, -0.15) is 0 Å². The highest BCUT2D eigenvalue weighted by molar-refractivity contribution is 6.35. The summed E-state index contributed by atoms with van der Waals surface area (Å²) in [5.41, 5.74) is 4.66. The molecule has 0 spiro atoms. The molecule has 232 valence electrons. The Morgan fingerprint density at radius 3 is 2.39 bits per heavy atom. The van der Waals surface area contributed by atoms with Gasteiger partial charge in [-0.15, -0.1) is 0 Å². The first-order valence-corrected chi connectivity index (χ1v) is 15.2. The van der Waals surface area contributed by atoms with Crippen molar-refractivity contribution in [2.75, 3.05) is 18.5 Å². The maximum atomic E-state index is 13.1. The Hall–Kier alpha value is -3.08. The van der Waals surface area contributed by atoms with E-state index in [-0.39, 0.29) is 30.2 Å². The van der Waals surface area contributed by atoms with Gasteiger partial charge in [0.1, 0.15) is 24.4 Å². The van der Waals surface area contributed by atoms with E-state index in [1.165, 1.54) is 0 Å². The average Bonchev–Trinajstić information content (AvgIpc) is 3.47. The number of aryl methyl sites for hydroxylation is 1. The lowest BCUT2D eigenvalue weighted by atomic mass is 9.99. The lowest BCUT2D eigenvalue weighted by Crippen LogP contribution is -2.56. The molecule has 0 saturated carbocycles. The molecule has 3 aromatic rings. The van der Waals surface area contributed by atoms with E-state index in [9.17, 15) is 4.79 Å². The van der Waals surface area contributed by atoms with Gasteiger partial charge in [0.2, 0.25) is 0 Å². The quantitative estimate of drug-likeness (QED) is 0.202. The molecule has 0 aliphatic carbocycles. The number of rotatable bonds is 9. The van der Waals surface area contributed by atoms with Crippen molar-refractivity contribution < 1.29 is 33.2 Å². The number of carbonyl (C=O) groups excluding carboxylic acids is 1. The molecule has 3 heterocycles. The molecule has 1 N–H and O–H groups in total. The van der Waals surface area contributed by atoms with E-state index < -0.39 is 17.9 Å². The zero-order valence-electron chi connectivity index (χ0n) is 25.5. The van der Waals surface area contributed by atoms with Crippen LogP contribution in [0.5, 0.6) is 0 Å². The third-order valence-corrected chi connectivity index (χ3v) is 8.20. The van der Waals surface area contributed by atoms with Crippen LogP contribution in [0.1, 0.15) is 54.7 Å². The minimum absolute atomic E-state index is 0.0966. The van der Waals surface area contributed by atoms with Crippen LogP contribution in [0.15, 0.2) is 72.8 Å². The molecule has 5 atom stereocenters. The van der Waals surface area contributed by atoms with Crippen molar-refractivity contribution in [2.45, 2.75) is 76.9 Å². The van der Waals surface area contributed by atoms with Crippen LogP contribution >= 0.6 is 11.6 Å². The number of carbonyl (C=O) groups is 1. The summed E-state index contributed by atoms with van der Waals surface area (Å²) in [5.74, 6) is -1.61. The van der Waals surface area contributed by atoms with Crippen LogP contribution in [-0.2, 0) is 28.4 Å². The van der Waals surface area contributed by atoms with E-state index in [1.807, 2.05) is 101 Å². The van der Waals surface area contributed by atoms with E-state index in [4.69, 9.17) is 40.0 Å². The summed E-state index contributed by atoms with van der Waals surface area (Å²) in [4.78, 5) is 13.1. The van der Waals surface area contributed by atoms with Crippen molar-refractivity contribution >= 4 is 34.8 Å². The molecule has 3 fully saturated rings. The number of ketones is 1. The molecule has 3 aliphatic rings. The minimum atomic E-state index is -0.762. The maximum absolute atomic E-state index is 13.1. The molecule has 0 radical (unpaired) electrons. The summed E-state index contributed by atoms with van der Waals surface area (Å²) in [6.07, 6.45) is 2.03. The number of hydrogen-bond donors (Lipinski definition) is 1. The van der Waals surface area contributed by atoms with Crippen molar-refractivity contribution in [1.82, 2.24) is 0 Å². The molecule has 9 heteroatoms. The highest BCUT2D eigenvalue weighted by atomic mass is 35.5. The Balaban J connectivity index is 1.07. The van der Waals surface area contributed by atoms with Crippen LogP contribution in [0.4, 0.5) is 11.4 Å². The zero-order chi connectivity index (χ0) is 31.1. The number of fused-ring (bicyclic) bond motifs is 3. The molecule has 3 aliphatic heterocycles. The first-order chi connectivity index (χ1) is 21.0. The fraction of sp³-hybridized carbons (Fsp3) is 0.400. The van der Waals surface area contributed by atoms with Crippen molar-refractivity contribution in [3.8, 4) is 0 Å². The topological polar surface area (TPSA) is 84.5 Å². The van der Waals surface area contributed by atoms with Gasteiger partial charge in [0.05, 0.1) is 18.2 Å². The summed E-state index contributed by atoms with van der Waals surface area (Å²) in [7, 11) is 0. The smallest absolute Gasteiger partial charge is 0.194 e. The molecule has 0 unspecified atom stereocenters. The Morgan fingerprint density at radius 2 is 1.59 bits per heavy atom. The molecule has 3 aromatic carbocycles. The van der Waals surface area contributed by atoms with Crippen LogP contribution < -0.4 is 5.32 Å². The number of para-hydroxylation sites is 1. The van der Waals surface area contributed by atoms with E-state index >= 15 is 0 Å². The Kier molecular flexibility index (Phi) is 8.69. The summed E-state index contributed by atoms with van der Waals surface area (Å²) in [6.45, 7) is 10.1. The van der Waals surface area contributed by atoms with Gasteiger partial charge in [0, 0.05) is 22.5 Å². The first kappa shape index (κ1) is 30.9. The van der Waals surface area contributed by atoms with Crippen LogP contribution in [0.2, 0.25) is 5.02 Å². The SMILES string of the molecule is Cc1ccccc1C(=O)c1ccc(Nc2ccccc2/C=C/COC[C@H]2O[C@@H]3OC(C)(C)O[C@@H]3[C@H]3OC(C)(C)O[C@H]32)cc1Cl.